The predicted molar refractivity (Wildman–Crippen MR) is 129 cm³/mol. The quantitative estimate of drug-likeness (QED) is 0.235. The molecule has 2 saturated heterocycles. The van der Waals surface area contributed by atoms with Crippen LogP contribution in [-0.2, 0) is 0 Å². The maximum Gasteiger partial charge on any atom is 0.214 e. The van der Waals surface area contributed by atoms with E-state index in [1.54, 1.807) is 0 Å². The van der Waals surface area contributed by atoms with Crippen LogP contribution in [0, 0.1) is 28.9 Å². The van der Waals surface area contributed by atoms with Crippen LogP contribution in [0.3, 0.4) is 0 Å². The van der Waals surface area contributed by atoms with E-state index < -0.39 is 22.5 Å². The van der Waals surface area contributed by atoms with Gasteiger partial charge in [-0.25, -0.2) is 8.78 Å². The predicted octanol–water partition coefficient (Wildman–Crippen LogP) is 5.22. The van der Waals surface area contributed by atoms with Crippen molar-refractivity contribution in [3.8, 4) is 0 Å². The first-order valence-corrected chi connectivity index (χ1v) is 12.2. The number of aliphatic hydroxyl groups is 1. The number of aromatic nitrogens is 1. The molecule has 2 aliphatic rings. The summed E-state index contributed by atoms with van der Waals surface area (Å²) >= 11 is 6.62. The van der Waals surface area contributed by atoms with Crippen molar-refractivity contribution in [1.29, 1.82) is 0 Å². The molecule has 4 rings (SSSR count). The topological polar surface area (TPSA) is 63.1 Å². The van der Waals surface area contributed by atoms with Crippen LogP contribution in [0.1, 0.15) is 26.7 Å². The second-order valence-electron chi connectivity index (χ2n) is 9.27. The number of anilines is 2. The number of pyridine rings is 1. The minimum atomic E-state index is -0.966. The number of nitrogens with zero attached hydrogens (tertiary/aromatic N) is 4. The number of halogens is 4. The minimum Gasteiger partial charge on any atom is -0.400 e. The van der Waals surface area contributed by atoms with E-state index in [2.05, 4.69) is 23.7 Å². The molecule has 0 bridgehead atoms. The first kappa shape index (κ1) is 26.9. The van der Waals surface area contributed by atoms with E-state index in [0.29, 0.717) is 46.5 Å². The highest BCUT2D eigenvalue weighted by molar-refractivity contribution is 8.00. The number of hydrogen-bond donors (Lipinski definition) is 2. The SMILES string of the molecule is CC1(C)CCN(CC2CCN(c3cc(F)c(SN(O)c4cccc(F)n4)c(F)c3Cl)C2)C1.CO. The van der Waals surface area contributed by atoms with Crippen molar-refractivity contribution in [2.24, 2.45) is 11.3 Å². The largest absolute Gasteiger partial charge is 0.400 e. The highest BCUT2D eigenvalue weighted by atomic mass is 35.5. The third-order valence-corrected chi connectivity index (χ3v) is 7.35. The zero-order chi connectivity index (χ0) is 25.0. The van der Waals surface area contributed by atoms with Crippen LogP contribution in [-0.4, -0.2) is 60.0 Å². The Morgan fingerprint density at radius 2 is 1.97 bits per heavy atom. The third-order valence-electron chi connectivity index (χ3n) is 6.07. The fourth-order valence-electron chi connectivity index (χ4n) is 4.46. The first-order valence-electron chi connectivity index (χ1n) is 11.0. The minimum absolute atomic E-state index is 0.193. The molecule has 0 amide bonds. The van der Waals surface area contributed by atoms with Gasteiger partial charge in [-0.1, -0.05) is 31.5 Å². The highest BCUT2D eigenvalue weighted by Crippen LogP contribution is 2.40. The molecular formula is C23H30ClF3N4O2S. The van der Waals surface area contributed by atoms with Gasteiger partial charge in [0.1, 0.15) is 15.7 Å². The van der Waals surface area contributed by atoms with Gasteiger partial charge in [-0.2, -0.15) is 13.8 Å². The maximum absolute atomic E-state index is 15.0. The van der Waals surface area contributed by atoms with Crippen LogP contribution in [0.15, 0.2) is 29.2 Å². The van der Waals surface area contributed by atoms with Crippen molar-refractivity contribution in [3.63, 3.8) is 0 Å². The first-order chi connectivity index (χ1) is 16.1. The summed E-state index contributed by atoms with van der Waals surface area (Å²) in [6.45, 7) is 9.02. The molecule has 2 aliphatic heterocycles. The Bertz CT molecular complexity index is 1000. The van der Waals surface area contributed by atoms with Gasteiger partial charge < -0.3 is 14.9 Å². The van der Waals surface area contributed by atoms with E-state index in [1.165, 1.54) is 24.6 Å². The molecule has 2 N–H and O–H groups in total. The Hall–Kier alpha value is -1.72. The summed E-state index contributed by atoms with van der Waals surface area (Å²) in [5.74, 6) is -2.43. The Kier molecular flexibility index (Phi) is 8.97. The number of benzene rings is 1. The maximum atomic E-state index is 15.0. The molecular weight excluding hydrogens is 489 g/mol. The molecule has 11 heteroatoms. The molecule has 2 aromatic rings. The number of likely N-dealkylation sites (tertiary alicyclic amines) is 1. The Balaban J connectivity index is 0.00000158. The lowest BCUT2D eigenvalue weighted by Crippen LogP contribution is -2.31. The van der Waals surface area contributed by atoms with Gasteiger partial charge in [-0.05, 0) is 42.9 Å². The molecule has 0 spiro atoms. The van der Waals surface area contributed by atoms with E-state index in [-0.39, 0.29) is 10.8 Å². The molecule has 1 aromatic carbocycles. The molecule has 1 aromatic heterocycles. The van der Waals surface area contributed by atoms with Crippen molar-refractivity contribution < 1.29 is 23.5 Å². The monoisotopic (exact) mass is 518 g/mol. The molecule has 1 unspecified atom stereocenters. The van der Waals surface area contributed by atoms with Crippen molar-refractivity contribution in [2.75, 3.05) is 49.2 Å². The van der Waals surface area contributed by atoms with Crippen LogP contribution < -0.4 is 9.37 Å². The van der Waals surface area contributed by atoms with Crippen molar-refractivity contribution in [2.45, 2.75) is 31.6 Å². The van der Waals surface area contributed by atoms with Gasteiger partial charge in [0.25, 0.3) is 0 Å². The molecule has 0 saturated carbocycles. The molecule has 1 atom stereocenters. The normalized spacial score (nSPS) is 19.8. The summed E-state index contributed by atoms with van der Waals surface area (Å²) in [6.07, 6.45) is 2.11. The number of rotatable bonds is 6. The van der Waals surface area contributed by atoms with Crippen LogP contribution in [0.2, 0.25) is 5.02 Å². The van der Waals surface area contributed by atoms with Crippen LogP contribution >= 0.6 is 23.5 Å². The van der Waals surface area contributed by atoms with E-state index in [9.17, 15) is 18.4 Å². The van der Waals surface area contributed by atoms with Gasteiger partial charge in [0.05, 0.1) is 5.69 Å². The summed E-state index contributed by atoms with van der Waals surface area (Å²) in [7, 11) is 1.00. The Labute approximate surface area is 207 Å². The molecule has 0 radical (unpaired) electrons. The van der Waals surface area contributed by atoms with Crippen molar-refractivity contribution in [1.82, 2.24) is 9.88 Å². The molecule has 188 valence electrons. The molecule has 0 aliphatic carbocycles. The molecule has 3 heterocycles. The van der Waals surface area contributed by atoms with Gasteiger partial charge in [0, 0.05) is 51.3 Å². The lowest BCUT2D eigenvalue weighted by molar-refractivity contribution is 0.257. The van der Waals surface area contributed by atoms with Crippen LogP contribution in [0.4, 0.5) is 24.7 Å². The molecule has 2 fully saturated rings. The standard InChI is InChI=1S/C22H26ClF3N4OS.CH4O/c1-22(2)7-9-28(13-22)11-14-6-8-29(12-14)16-10-15(24)21(20(26)19(16)23)32-30(31)18-5-3-4-17(25)27-18;1-2/h3-5,10,14,31H,6-9,11-13H2,1-2H3;2H,1H3. The molecule has 6 nitrogen and oxygen atoms in total. The highest BCUT2D eigenvalue weighted by Gasteiger charge is 2.33. The van der Waals surface area contributed by atoms with Crippen LogP contribution in [0.25, 0.3) is 0 Å². The second kappa shape index (κ2) is 11.3. The van der Waals surface area contributed by atoms with E-state index in [4.69, 9.17) is 16.7 Å². The summed E-state index contributed by atoms with van der Waals surface area (Å²) in [4.78, 5) is 7.39. The van der Waals surface area contributed by atoms with E-state index in [1.807, 2.05) is 4.90 Å². The van der Waals surface area contributed by atoms with Gasteiger partial charge in [-0.15, -0.1) is 0 Å². The summed E-state index contributed by atoms with van der Waals surface area (Å²) in [5, 5.41) is 16.9. The zero-order valence-electron chi connectivity index (χ0n) is 19.4. The summed E-state index contributed by atoms with van der Waals surface area (Å²) in [6, 6.07) is 4.94. The average molecular weight is 519 g/mol. The fraction of sp³-hybridized carbons (Fsp3) is 0.522. The fourth-order valence-corrected chi connectivity index (χ4v) is 5.48. The second-order valence-corrected chi connectivity index (χ2v) is 10.6. The van der Waals surface area contributed by atoms with Gasteiger partial charge in [0.15, 0.2) is 11.6 Å². The number of hydrogen-bond acceptors (Lipinski definition) is 7. The Morgan fingerprint density at radius 1 is 1.24 bits per heavy atom. The smallest absolute Gasteiger partial charge is 0.214 e. The van der Waals surface area contributed by atoms with Crippen molar-refractivity contribution in [3.05, 3.63) is 46.9 Å². The summed E-state index contributed by atoms with van der Waals surface area (Å²) in [5.41, 5.74) is 0.645. The van der Waals surface area contributed by atoms with Crippen molar-refractivity contribution >= 4 is 35.1 Å². The van der Waals surface area contributed by atoms with E-state index >= 15 is 0 Å². The lowest BCUT2D eigenvalue weighted by atomic mass is 9.93. The number of aliphatic hydroxyl groups excluding tert-OH is 1. The summed E-state index contributed by atoms with van der Waals surface area (Å²) < 4.78 is 43.5. The lowest BCUT2D eigenvalue weighted by Gasteiger charge is -2.24. The van der Waals surface area contributed by atoms with Gasteiger partial charge in [-0.3, -0.25) is 5.21 Å². The van der Waals surface area contributed by atoms with Crippen LogP contribution in [0.5, 0.6) is 0 Å². The third kappa shape index (κ3) is 6.28. The van der Waals surface area contributed by atoms with E-state index in [0.717, 1.165) is 39.2 Å². The average Bonchev–Trinajstić information content (AvgIpc) is 3.40. The zero-order valence-corrected chi connectivity index (χ0v) is 21.0. The van der Waals surface area contributed by atoms with Gasteiger partial charge in [0.2, 0.25) is 5.95 Å². The molecule has 34 heavy (non-hydrogen) atoms. The Morgan fingerprint density at radius 3 is 2.62 bits per heavy atom. The van der Waals surface area contributed by atoms with Gasteiger partial charge >= 0.3 is 0 Å².